The van der Waals surface area contributed by atoms with Crippen molar-refractivity contribution in [2.75, 3.05) is 33.0 Å². The maximum absolute atomic E-state index is 15.3. The van der Waals surface area contributed by atoms with Gasteiger partial charge < -0.3 is 164 Å². The molecule has 37 nitrogen and oxygen atoms in total. The molecule has 0 bridgehead atoms. The topological polar surface area (TPSA) is 584 Å². The van der Waals surface area contributed by atoms with Crippen molar-refractivity contribution in [3.05, 3.63) is 11.6 Å². The molecule has 6 saturated heterocycles. The molecular weight excluding hydrogens is 1640 g/mol. The van der Waals surface area contributed by atoms with Gasteiger partial charge in [-0.15, -0.1) is 0 Å². The predicted octanol–water partition coefficient (Wildman–Crippen LogP) is -1.74. The van der Waals surface area contributed by atoms with Crippen molar-refractivity contribution in [3.63, 3.8) is 0 Å². The highest BCUT2D eigenvalue weighted by Gasteiger charge is 2.71. The Labute approximate surface area is 681 Å². The molecule has 0 aromatic heterocycles. The maximum Gasteiger partial charge on any atom is 0.410 e. The molecule has 10 rings (SSSR count). The average molecular weight is 1770 g/mol. The summed E-state index contributed by atoms with van der Waals surface area (Å²) in [5, 5.41) is 203. The predicted molar refractivity (Wildman–Crippen MR) is 400 cm³/mol. The molecule has 0 radical (unpaired) electrons. The van der Waals surface area contributed by atoms with Crippen molar-refractivity contribution in [1.29, 1.82) is 0 Å². The first-order valence-corrected chi connectivity index (χ1v) is 41.7. The smallest absolute Gasteiger partial charge is 0.410 e. The van der Waals surface area contributed by atoms with Crippen molar-refractivity contribution in [3.8, 4) is 0 Å². The molecule has 2 amide bonds. The number of nitrogens with one attached hydrogen (secondary N) is 2. The Balaban J connectivity index is 0.903. The quantitative estimate of drug-likeness (QED) is 0.00914. The third-order valence-electron chi connectivity index (χ3n) is 27.1. The molecule has 0 spiro atoms. The summed E-state index contributed by atoms with van der Waals surface area (Å²) < 4.78 is 72.3. The van der Waals surface area contributed by atoms with Crippen molar-refractivity contribution >= 4 is 52.8 Å². The van der Waals surface area contributed by atoms with Crippen LogP contribution in [0, 0.1) is 44.8 Å². The minimum Gasteiger partial charge on any atom is -0.481 e. The number of amides is 2. The summed E-state index contributed by atoms with van der Waals surface area (Å²) in [6.45, 7) is 11.9. The van der Waals surface area contributed by atoms with E-state index in [2.05, 4.69) is 60.1 Å². The number of carbonyl (C=O) groups is 5. The van der Waals surface area contributed by atoms with Crippen LogP contribution < -0.4 is 10.6 Å². The summed E-state index contributed by atoms with van der Waals surface area (Å²) in [5.41, 5.74) is -4.71. The van der Waals surface area contributed by atoms with E-state index in [1.54, 1.807) is 6.92 Å². The largest absolute Gasteiger partial charge is 0.481 e. The Morgan fingerprint density at radius 1 is 0.583 bits per heavy atom. The molecule has 20 N–H and O–H groups in total. The van der Waals surface area contributed by atoms with Gasteiger partial charge in [0.05, 0.1) is 84.3 Å². The Hall–Kier alpha value is -3.26. The van der Waals surface area contributed by atoms with E-state index in [-0.39, 0.29) is 38.0 Å². The average Bonchev–Trinajstić information content (AvgIpc) is 0.674. The highest BCUT2D eigenvalue weighted by molar-refractivity contribution is 14.1. The van der Waals surface area contributed by atoms with E-state index >= 15 is 4.79 Å². The van der Waals surface area contributed by atoms with Gasteiger partial charge in [0.25, 0.3) is 0 Å². The number of allylic oxidation sites excluding steroid dienone is 1. The lowest BCUT2D eigenvalue weighted by atomic mass is 9.35. The molecule has 38 heteroatoms. The Bertz CT molecular complexity index is 3270. The van der Waals surface area contributed by atoms with E-state index in [9.17, 15) is 106 Å². The van der Waals surface area contributed by atoms with Crippen molar-refractivity contribution in [2.24, 2.45) is 44.8 Å². The first-order valence-electron chi connectivity index (χ1n) is 40.4. The monoisotopic (exact) mass is 1760 g/mol. The molecular formula is C77H125IN2O35. The van der Waals surface area contributed by atoms with E-state index in [0.29, 0.717) is 51.4 Å². The lowest BCUT2D eigenvalue weighted by Crippen LogP contribution is -2.72. The molecule has 115 heavy (non-hydrogen) atoms. The van der Waals surface area contributed by atoms with Gasteiger partial charge in [0.15, 0.2) is 43.7 Å². The summed E-state index contributed by atoms with van der Waals surface area (Å²) in [5.74, 6) is -5.29. The standard InChI is InChI=1S/C77H125IN2O35/c1-34-58(110-66-54(97)49(92)37(85)31-104-66)48(91)35(28-81)65(106-34)113-61-52(95)47(79-45(88)17-15-13-11-9-10-12-14-16-18-46(89)90)39(29-82)107-69(61)115-71(103)80-77(26-25-72(2,3)4)43(87)27-76(8)36(63(77)78)19-20-42-73(5)23-22-44(74(6,33-84)41(73)21-24-75(42,76)7)109-70-62(114-68-56(99)53(96)51(94)40(30-83)108-68)59(57(100)60(112-70)64(101)102)111-67-55(98)50(93)38(86)32-105-67/h19,33-35,37-44,47-63,65-70,81-83,85-87,91-100H,9-18,20-32H2,1-8H3,(H,79,88)(H,80,103)(H,89,90)(H,101,102)/t34?,35?,37-,38-,39?,40?,41?,42?,43?,44+,47+,48?,49?,50?,51+,52?,53?,54?,55?,56?,57+,58+,59?,60?,61?,62?,63?,65+,66+,67+,68+,69-,70-,73?,74?,75?,76?,77+/m1/s1. The number of carboxylic acid groups (broad SMARTS) is 2. The summed E-state index contributed by atoms with van der Waals surface area (Å²) >= 11 is 2.26. The number of ether oxygens (including phenoxy) is 12. The fraction of sp³-hybridized carbons (Fsp3) is 0.909. The number of alkyl carbamates (subject to hydrolysis) is 1. The summed E-state index contributed by atoms with van der Waals surface area (Å²) in [6, 6.07) is -1.45. The number of rotatable bonds is 31. The van der Waals surface area contributed by atoms with Gasteiger partial charge in [-0.3, -0.25) is 9.59 Å². The number of fused-ring (bicyclic) bond motifs is 5. The van der Waals surface area contributed by atoms with E-state index in [0.717, 1.165) is 44.0 Å². The zero-order valence-electron chi connectivity index (χ0n) is 66.3. The van der Waals surface area contributed by atoms with Crippen LogP contribution in [0.25, 0.3) is 0 Å². The summed E-state index contributed by atoms with van der Waals surface area (Å²) in [6.07, 6.45) is -39.3. The van der Waals surface area contributed by atoms with E-state index in [1.165, 1.54) is 6.92 Å². The van der Waals surface area contributed by atoms with Crippen LogP contribution in [0.1, 0.15) is 171 Å². The lowest BCUT2D eigenvalue weighted by molar-refractivity contribution is -0.391. The highest BCUT2D eigenvalue weighted by atomic mass is 127. The number of hydrogen-bond acceptors (Lipinski definition) is 33. The molecule has 10 aliphatic rings. The number of aliphatic hydroxyl groups excluding tert-OH is 16. The van der Waals surface area contributed by atoms with Crippen LogP contribution in [0.2, 0.25) is 0 Å². The van der Waals surface area contributed by atoms with Gasteiger partial charge in [-0.05, 0) is 105 Å². The molecule has 0 aromatic carbocycles. The van der Waals surface area contributed by atoms with E-state index in [1.807, 2.05) is 20.8 Å². The third-order valence-corrected chi connectivity index (χ3v) is 28.8. The number of carbonyl (C=O) groups excluding carboxylic acids is 3. The van der Waals surface area contributed by atoms with Gasteiger partial charge in [-0.25, -0.2) is 9.59 Å². The van der Waals surface area contributed by atoms with Gasteiger partial charge in [0.2, 0.25) is 12.2 Å². The van der Waals surface area contributed by atoms with Crippen LogP contribution in [0.4, 0.5) is 4.79 Å². The highest BCUT2D eigenvalue weighted by Crippen LogP contribution is 2.74. The van der Waals surface area contributed by atoms with Gasteiger partial charge in [0, 0.05) is 12.8 Å². The van der Waals surface area contributed by atoms with Crippen LogP contribution in [0.3, 0.4) is 0 Å². The number of hydrogen-bond donors (Lipinski definition) is 20. The zero-order valence-corrected chi connectivity index (χ0v) is 68.5. The number of halogens is 1. The minimum atomic E-state index is -2.23. The first-order chi connectivity index (χ1) is 54.1. The van der Waals surface area contributed by atoms with E-state index < -0.39 is 283 Å². The fourth-order valence-electron chi connectivity index (χ4n) is 19.9. The Kier molecular flexibility index (Phi) is 31.6. The number of aliphatic carboxylic acids is 2. The minimum absolute atomic E-state index is 0.00984. The van der Waals surface area contributed by atoms with Gasteiger partial charge in [-0.2, -0.15) is 0 Å². The number of alkyl halides is 1. The van der Waals surface area contributed by atoms with Crippen LogP contribution in [-0.4, -0.2) is 343 Å². The lowest BCUT2D eigenvalue weighted by Gasteiger charge is -2.70. The molecule has 6 heterocycles. The zero-order chi connectivity index (χ0) is 84.5. The SMILES string of the molecule is CC1O[C@@H](OC2C(O)[C@@H](NC(=O)CCCCCCCCCCC(=O)O)C(CO)O[C@@H]2OC(=O)N[C@@]2(CCC(C)(C)C)C(O)CC3(C)C(=CCC4C5(C)CC[C@H](O[C@@H]6OC(C(=O)O)[C@@H](O)C(O[C@@H]7OC[C@@H](O)C(O)C7O)C6O[C@@H]6OC(CO)[C@H](O)C(O)C6O)C(C)(C=O)C5CCC43C)C2I)C(CO)C(O)[C@H]1O[C@@H]1OC[C@@H](O)C(O)C1O. The molecule has 660 valence electrons. The van der Waals surface area contributed by atoms with Crippen molar-refractivity contribution in [1.82, 2.24) is 10.6 Å². The number of unbranched alkanes of at least 4 members (excludes halogenated alkanes) is 7. The molecule has 9 fully saturated rings. The van der Waals surface area contributed by atoms with Crippen molar-refractivity contribution < 1.29 is 173 Å². The van der Waals surface area contributed by atoms with Crippen LogP contribution in [0.5, 0.6) is 0 Å². The second kappa shape index (κ2) is 38.7. The summed E-state index contributed by atoms with van der Waals surface area (Å²) in [4.78, 5) is 67.4. The molecule has 3 saturated carbocycles. The third kappa shape index (κ3) is 19.4. The van der Waals surface area contributed by atoms with Crippen LogP contribution in [-0.2, 0) is 76.0 Å². The first kappa shape index (κ1) is 94.0. The molecule has 6 aliphatic heterocycles. The second-order valence-corrected chi connectivity index (χ2v) is 36.8. The Morgan fingerprint density at radius 3 is 1.72 bits per heavy atom. The van der Waals surface area contributed by atoms with E-state index in [4.69, 9.17) is 61.9 Å². The Morgan fingerprint density at radius 2 is 1.15 bits per heavy atom. The number of aliphatic hydroxyl groups is 16. The van der Waals surface area contributed by atoms with Gasteiger partial charge in [-0.1, -0.05) is 121 Å². The molecule has 0 aromatic rings. The summed E-state index contributed by atoms with van der Waals surface area (Å²) in [7, 11) is 0. The molecule has 24 unspecified atom stereocenters. The van der Waals surface area contributed by atoms with Crippen molar-refractivity contribution in [2.45, 2.75) is 358 Å². The van der Waals surface area contributed by atoms with Gasteiger partial charge >= 0.3 is 18.0 Å². The van der Waals surface area contributed by atoms with Gasteiger partial charge in [0.1, 0.15) is 104 Å². The molecule has 4 aliphatic carbocycles. The molecule has 38 atom stereocenters. The maximum atomic E-state index is 15.3. The normalized spacial score (nSPS) is 46.9. The van der Waals surface area contributed by atoms with Crippen LogP contribution in [0.15, 0.2) is 11.6 Å². The van der Waals surface area contributed by atoms with Crippen LogP contribution >= 0.6 is 22.6 Å². The second-order valence-electron chi connectivity index (χ2n) is 35.6. The number of aldehydes is 1. The number of carboxylic acids is 2. The fourth-order valence-corrected chi connectivity index (χ4v) is 21.8.